The second kappa shape index (κ2) is 10.2. The Morgan fingerprint density at radius 1 is 1.03 bits per heavy atom. The van der Waals surface area contributed by atoms with Gasteiger partial charge >= 0.3 is 0 Å². The number of nitrogens with one attached hydrogen (secondary N) is 2. The summed E-state index contributed by atoms with van der Waals surface area (Å²) in [5, 5.41) is 27.1. The molecule has 0 fully saturated rings. The SMILES string of the molecule is O=C(N/N=C/c1cc(O)ccc1[N+](=O)[O-])/C(=C/c1ccc2c(c1)OCO2)NC(=O)c1ccccc1. The lowest BCUT2D eigenvalue weighted by atomic mass is 10.1. The topological polar surface area (TPSA) is 152 Å². The monoisotopic (exact) mass is 474 g/mol. The van der Waals surface area contributed by atoms with Crippen molar-refractivity contribution in [3.63, 3.8) is 0 Å². The largest absolute Gasteiger partial charge is 0.508 e. The second-order valence-corrected chi connectivity index (χ2v) is 7.19. The van der Waals surface area contributed by atoms with Crippen molar-refractivity contribution >= 4 is 29.8 Å². The number of fused-ring (bicyclic) bond motifs is 1. The van der Waals surface area contributed by atoms with Crippen molar-refractivity contribution in [2.75, 3.05) is 6.79 Å². The van der Waals surface area contributed by atoms with E-state index in [9.17, 15) is 24.8 Å². The molecule has 1 aliphatic rings. The zero-order valence-corrected chi connectivity index (χ0v) is 18.0. The molecule has 11 heteroatoms. The van der Waals surface area contributed by atoms with E-state index in [0.29, 0.717) is 22.6 Å². The minimum absolute atomic E-state index is 0.0232. The molecule has 11 nitrogen and oxygen atoms in total. The second-order valence-electron chi connectivity index (χ2n) is 7.19. The van der Waals surface area contributed by atoms with Crippen molar-refractivity contribution < 1.29 is 29.1 Å². The number of amides is 2. The van der Waals surface area contributed by atoms with Gasteiger partial charge in [0.2, 0.25) is 6.79 Å². The van der Waals surface area contributed by atoms with Crippen LogP contribution in [-0.4, -0.2) is 34.9 Å². The van der Waals surface area contributed by atoms with Crippen LogP contribution in [0.25, 0.3) is 6.08 Å². The van der Waals surface area contributed by atoms with Crippen LogP contribution in [-0.2, 0) is 4.79 Å². The third kappa shape index (κ3) is 5.60. The molecule has 3 N–H and O–H groups in total. The van der Waals surface area contributed by atoms with E-state index in [2.05, 4.69) is 15.8 Å². The number of benzene rings is 3. The number of phenols is 1. The molecule has 0 radical (unpaired) electrons. The maximum absolute atomic E-state index is 12.9. The molecule has 3 aromatic carbocycles. The molecule has 0 aliphatic carbocycles. The molecule has 0 saturated heterocycles. The van der Waals surface area contributed by atoms with Gasteiger partial charge in [0.1, 0.15) is 11.4 Å². The van der Waals surface area contributed by atoms with Crippen LogP contribution in [0.15, 0.2) is 77.5 Å². The Bertz CT molecular complexity index is 1350. The number of ether oxygens (including phenoxy) is 2. The third-order valence-electron chi connectivity index (χ3n) is 4.81. The Morgan fingerprint density at radius 2 is 1.80 bits per heavy atom. The van der Waals surface area contributed by atoms with E-state index in [1.165, 1.54) is 12.1 Å². The molecule has 1 aliphatic heterocycles. The number of carbonyl (C=O) groups excluding carboxylic acids is 2. The van der Waals surface area contributed by atoms with E-state index in [0.717, 1.165) is 18.3 Å². The number of rotatable bonds is 7. The number of nitrogens with zero attached hydrogens (tertiary/aromatic N) is 2. The lowest BCUT2D eigenvalue weighted by Gasteiger charge is -2.09. The zero-order chi connectivity index (χ0) is 24.8. The summed E-state index contributed by atoms with van der Waals surface area (Å²) in [5.41, 5.74) is 2.63. The lowest BCUT2D eigenvalue weighted by molar-refractivity contribution is -0.385. The molecule has 0 saturated carbocycles. The van der Waals surface area contributed by atoms with Crippen molar-refractivity contribution in [2.45, 2.75) is 0 Å². The maximum Gasteiger partial charge on any atom is 0.287 e. The highest BCUT2D eigenvalue weighted by molar-refractivity contribution is 6.05. The standard InChI is InChI=1S/C24H18N4O7/c29-18-7-8-20(28(32)33)17(12-18)13-25-27-24(31)19(26-23(30)16-4-2-1-3-5-16)10-15-6-9-21-22(11-15)35-14-34-21/h1-13,29H,14H2,(H,26,30)(H,27,31)/b19-10-,25-13+. The normalized spacial score (nSPS) is 12.4. The maximum atomic E-state index is 12.9. The van der Waals surface area contributed by atoms with Crippen molar-refractivity contribution in [3.05, 3.63) is 99.2 Å². The first-order valence-electron chi connectivity index (χ1n) is 10.2. The van der Waals surface area contributed by atoms with E-state index in [-0.39, 0.29) is 29.5 Å². The summed E-state index contributed by atoms with van der Waals surface area (Å²) in [5.74, 6) is -0.478. The van der Waals surface area contributed by atoms with Crippen molar-refractivity contribution in [1.82, 2.24) is 10.7 Å². The van der Waals surface area contributed by atoms with Gasteiger partial charge in [-0.1, -0.05) is 24.3 Å². The number of hydrazone groups is 1. The van der Waals surface area contributed by atoms with Gasteiger partial charge in [-0.2, -0.15) is 5.10 Å². The van der Waals surface area contributed by atoms with Crippen molar-refractivity contribution in [1.29, 1.82) is 0 Å². The van der Waals surface area contributed by atoms with Gasteiger partial charge in [0.05, 0.1) is 16.7 Å². The molecule has 0 bridgehead atoms. The highest BCUT2D eigenvalue weighted by atomic mass is 16.7. The number of nitro groups is 1. The van der Waals surface area contributed by atoms with Crippen LogP contribution in [0.1, 0.15) is 21.5 Å². The van der Waals surface area contributed by atoms with Gasteiger partial charge in [-0.25, -0.2) is 5.43 Å². The smallest absolute Gasteiger partial charge is 0.287 e. The average Bonchev–Trinajstić information content (AvgIpc) is 3.32. The summed E-state index contributed by atoms with van der Waals surface area (Å²) in [7, 11) is 0. The van der Waals surface area contributed by atoms with E-state index in [1.807, 2.05) is 0 Å². The molecule has 3 aromatic rings. The minimum Gasteiger partial charge on any atom is -0.508 e. The lowest BCUT2D eigenvalue weighted by Crippen LogP contribution is -2.32. The molecular formula is C24H18N4O7. The summed E-state index contributed by atoms with van der Waals surface area (Å²) in [4.78, 5) is 36.1. The molecule has 0 atom stereocenters. The van der Waals surface area contributed by atoms with E-state index >= 15 is 0 Å². The van der Waals surface area contributed by atoms with Crippen LogP contribution in [0, 0.1) is 10.1 Å². The van der Waals surface area contributed by atoms with E-state index < -0.39 is 16.7 Å². The fraction of sp³-hybridized carbons (Fsp3) is 0.0417. The van der Waals surface area contributed by atoms with Crippen molar-refractivity contribution in [2.24, 2.45) is 5.10 Å². The van der Waals surface area contributed by atoms with Crippen LogP contribution in [0.2, 0.25) is 0 Å². The minimum atomic E-state index is -0.786. The quantitative estimate of drug-likeness (QED) is 0.206. The summed E-state index contributed by atoms with van der Waals surface area (Å²) < 4.78 is 10.6. The molecule has 35 heavy (non-hydrogen) atoms. The number of hydrogen-bond donors (Lipinski definition) is 3. The molecule has 0 unspecified atom stereocenters. The Morgan fingerprint density at radius 3 is 2.57 bits per heavy atom. The van der Waals surface area contributed by atoms with Gasteiger partial charge in [-0.3, -0.25) is 19.7 Å². The zero-order valence-electron chi connectivity index (χ0n) is 18.0. The third-order valence-corrected chi connectivity index (χ3v) is 4.81. The Balaban J connectivity index is 1.59. The highest BCUT2D eigenvalue weighted by Gasteiger charge is 2.17. The predicted octanol–water partition coefficient (Wildman–Crippen LogP) is 2.95. The molecule has 0 aromatic heterocycles. The first-order valence-corrected chi connectivity index (χ1v) is 10.2. The van der Waals surface area contributed by atoms with Gasteiger partial charge in [0.15, 0.2) is 11.5 Å². The molecular weight excluding hydrogens is 456 g/mol. The van der Waals surface area contributed by atoms with Gasteiger partial charge in [-0.15, -0.1) is 0 Å². The summed E-state index contributed by atoms with van der Waals surface area (Å²) in [6.07, 6.45) is 2.44. The molecule has 4 rings (SSSR count). The number of hydrogen-bond acceptors (Lipinski definition) is 8. The van der Waals surface area contributed by atoms with Gasteiger partial charge in [-0.05, 0) is 48.0 Å². The van der Waals surface area contributed by atoms with Crippen LogP contribution in [0.5, 0.6) is 17.2 Å². The van der Waals surface area contributed by atoms with Gasteiger partial charge in [0.25, 0.3) is 17.5 Å². The van der Waals surface area contributed by atoms with Crippen LogP contribution < -0.4 is 20.2 Å². The Kier molecular flexibility index (Phi) is 6.68. The number of carbonyl (C=O) groups is 2. The predicted molar refractivity (Wildman–Crippen MR) is 125 cm³/mol. The van der Waals surface area contributed by atoms with Gasteiger partial charge < -0.3 is 19.9 Å². The summed E-state index contributed by atoms with van der Waals surface area (Å²) in [6.45, 7) is 0.0798. The number of phenolic OH excluding ortho intramolecular Hbond substituents is 1. The van der Waals surface area contributed by atoms with Crippen LogP contribution in [0.3, 0.4) is 0 Å². The van der Waals surface area contributed by atoms with Crippen LogP contribution in [0.4, 0.5) is 5.69 Å². The Hall–Kier alpha value is -5.19. The van der Waals surface area contributed by atoms with Gasteiger partial charge in [0, 0.05) is 11.6 Å². The number of aromatic hydroxyl groups is 1. The first-order chi connectivity index (χ1) is 16.9. The molecule has 0 spiro atoms. The molecule has 176 valence electrons. The fourth-order valence-electron chi connectivity index (χ4n) is 3.14. The Labute approximate surface area is 198 Å². The summed E-state index contributed by atoms with van der Waals surface area (Å²) in [6, 6.07) is 16.7. The fourth-order valence-corrected chi connectivity index (χ4v) is 3.14. The van der Waals surface area contributed by atoms with E-state index in [1.54, 1.807) is 48.5 Å². The average molecular weight is 474 g/mol. The molecule has 2 amide bonds. The van der Waals surface area contributed by atoms with E-state index in [4.69, 9.17) is 9.47 Å². The highest BCUT2D eigenvalue weighted by Crippen LogP contribution is 2.33. The van der Waals surface area contributed by atoms with Crippen LogP contribution >= 0.6 is 0 Å². The first kappa shape index (κ1) is 23.0. The molecule has 1 heterocycles. The van der Waals surface area contributed by atoms with Crippen molar-refractivity contribution in [3.8, 4) is 17.2 Å². The number of nitro benzene ring substituents is 1. The summed E-state index contributed by atoms with van der Waals surface area (Å²) >= 11 is 0.